The van der Waals surface area contributed by atoms with Crippen LogP contribution >= 0.6 is 0 Å². The van der Waals surface area contributed by atoms with Crippen LogP contribution in [0, 0.1) is 11.7 Å². The lowest BCUT2D eigenvalue weighted by Crippen LogP contribution is -2.15. The lowest BCUT2D eigenvalue weighted by Gasteiger charge is -2.10. The number of anilines is 1. The van der Waals surface area contributed by atoms with Crippen LogP contribution in [0.1, 0.15) is 12.0 Å². The number of fused-ring (bicyclic) bond motifs is 1. The summed E-state index contributed by atoms with van der Waals surface area (Å²) in [5.74, 6) is -0.358. The van der Waals surface area contributed by atoms with Crippen LogP contribution in [0.15, 0.2) is 83.7 Å². The van der Waals surface area contributed by atoms with E-state index in [0.717, 1.165) is 17.7 Å². The van der Waals surface area contributed by atoms with Crippen molar-refractivity contribution in [1.82, 2.24) is 0 Å². The summed E-state index contributed by atoms with van der Waals surface area (Å²) in [5, 5.41) is 2.72. The van der Waals surface area contributed by atoms with Crippen LogP contribution in [-0.2, 0) is 11.0 Å². The lowest BCUT2D eigenvalue weighted by atomic mass is 10.1. The first-order valence-electron chi connectivity index (χ1n) is 8.84. The Morgan fingerprint density at radius 3 is 2.59 bits per heavy atom. The molecule has 0 radical (unpaired) electrons. The molecule has 2 aliphatic carbocycles. The number of nitrogens with one attached hydrogen (secondary N) is 1. The second kappa shape index (κ2) is 7.24. The first kappa shape index (κ1) is 19.0. The van der Waals surface area contributed by atoms with Crippen molar-refractivity contribution in [3.8, 4) is 5.75 Å². The van der Waals surface area contributed by atoms with Gasteiger partial charge < -0.3 is 10.1 Å². The van der Waals surface area contributed by atoms with E-state index < -0.39 is 17.6 Å². The summed E-state index contributed by atoms with van der Waals surface area (Å²) in [7, 11) is 0. The first-order chi connectivity index (χ1) is 13.8. The molecular weight excluding hydrogens is 386 g/mol. The van der Waals surface area contributed by atoms with E-state index >= 15 is 0 Å². The van der Waals surface area contributed by atoms with Gasteiger partial charge in [0.1, 0.15) is 17.3 Å². The maximum absolute atomic E-state index is 13.0. The van der Waals surface area contributed by atoms with Gasteiger partial charge in [-0.1, -0.05) is 18.2 Å². The Labute approximate surface area is 164 Å². The van der Waals surface area contributed by atoms with Gasteiger partial charge in [-0.2, -0.15) is 13.2 Å². The number of halogens is 4. The molecule has 4 rings (SSSR count). The summed E-state index contributed by atoms with van der Waals surface area (Å²) in [6, 6.07) is 10.1. The Morgan fingerprint density at radius 1 is 1.10 bits per heavy atom. The predicted octanol–water partition coefficient (Wildman–Crippen LogP) is 5.63. The van der Waals surface area contributed by atoms with Gasteiger partial charge in [0.05, 0.1) is 5.56 Å². The highest BCUT2D eigenvalue weighted by atomic mass is 19.4. The van der Waals surface area contributed by atoms with Crippen LogP contribution in [-0.4, -0.2) is 5.91 Å². The average molecular weight is 401 g/mol. The number of hydrogen-bond donors (Lipinski definition) is 1. The summed E-state index contributed by atoms with van der Waals surface area (Å²) in [4.78, 5) is 12.6. The molecule has 0 heterocycles. The van der Waals surface area contributed by atoms with E-state index in [1.165, 1.54) is 36.4 Å². The van der Waals surface area contributed by atoms with Crippen LogP contribution in [0.5, 0.6) is 5.75 Å². The molecule has 2 aliphatic rings. The third-order valence-corrected chi connectivity index (χ3v) is 4.65. The summed E-state index contributed by atoms with van der Waals surface area (Å²) < 4.78 is 57.3. The molecule has 1 N–H and O–H groups in total. The van der Waals surface area contributed by atoms with Crippen LogP contribution in [0.4, 0.5) is 23.2 Å². The highest BCUT2D eigenvalue weighted by Crippen LogP contribution is 2.48. The second-order valence-electron chi connectivity index (χ2n) is 6.72. The highest BCUT2D eigenvalue weighted by Gasteiger charge is 2.40. The van der Waals surface area contributed by atoms with Crippen molar-refractivity contribution in [2.45, 2.75) is 12.6 Å². The number of alkyl halides is 3. The average Bonchev–Trinajstić information content (AvgIpc) is 3.46. The standard InChI is InChI=1S/C22H15F4NO2/c23-14-7-9-15(10-8-14)27-21(28)17-5-2-6-20(19-12-18(17)19)29-16-4-1-3-13(11-16)22(24,25)26/h1-11,18H,12H2,(H,27,28). The Balaban J connectivity index is 1.49. The zero-order valence-corrected chi connectivity index (χ0v) is 15.0. The maximum Gasteiger partial charge on any atom is 0.416 e. The normalized spacial score (nSPS) is 17.9. The summed E-state index contributed by atoms with van der Waals surface area (Å²) >= 11 is 0. The molecule has 2 aromatic rings. The molecule has 29 heavy (non-hydrogen) atoms. The number of allylic oxidation sites excluding steroid dienone is 4. The van der Waals surface area contributed by atoms with Crippen molar-refractivity contribution < 1.29 is 27.1 Å². The van der Waals surface area contributed by atoms with Gasteiger partial charge in [0.25, 0.3) is 5.91 Å². The topological polar surface area (TPSA) is 38.3 Å². The van der Waals surface area contributed by atoms with Gasteiger partial charge in [0.2, 0.25) is 0 Å². The summed E-state index contributed by atoms with van der Waals surface area (Å²) in [6.07, 6.45) is 1.04. The third kappa shape index (κ3) is 4.23. The molecule has 1 unspecified atom stereocenters. The fraction of sp³-hybridized carbons (Fsp3) is 0.136. The number of amides is 1. The van der Waals surface area contributed by atoms with Crippen molar-refractivity contribution in [2.24, 2.45) is 5.92 Å². The van der Waals surface area contributed by atoms with Crippen LogP contribution in [0.25, 0.3) is 0 Å². The van der Waals surface area contributed by atoms with E-state index in [4.69, 9.17) is 4.74 Å². The van der Waals surface area contributed by atoms with E-state index in [1.807, 2.05) is 0 Å². The minimum atomic E-state index is -4.45. The SMILES string of the molecule is O=C(Nc1ccc(F)cc1)C1=CC=CC(Oc2cccc(C(F)(F)F)c2)=C2CC12. The van der Waals surface area contributed by atoms with E-state index in [-0.39, 0.29) is 17.6 Å². The van der Waals surface area contributed by atoms with Crippen molar-refractivity contribution in [1.29, 1.82) is 0 Å². The van der Waals surface area contributed by atoms with Gasteiger partial charge in [0.15, 0.2) is 0 Å². The predicted molar refractivity (Wildman–Crippen MR) is 99.5 cm³/mol. The monoisotopic (exact) mass is 401 g/mol. The van der Waals surface area contributed by atoms with Crippen LogP contribution in [0.2, 0.25) is 0 Å². The molecule has 1 saturated carbocycles. The quantitative estimate of drug-likeness (QED) is 0.674. The number of ether oxygens (including phenoxy) is 1. The fourth-order valence-electron chi connectivity index (χ4n) is 3.13. The Bertz CT molecular complexity index is 1050. The number of carbonyl (C=O) groups excluding carboxylic acids is 1. The zero-order valence-electron chi connectivity index (χ0n) is 15.0. The van der Waals surface area contributed by atoms with Gasteiger partial charge in [-0.15, -0.1) is 0 Å². The molecule has 1 amide bonds. The number of carbonyl (C=O) groups is 1. The molecule has 0 aliphatic heterocycles. The molecular formula is C22H15F4NO2. The van der Waals surface area contributed by atoms with E-state index in [0.29, 0.717) is 23.4 Å². The number of rotatable bonds is 4. The molecule has 1 fully saturated rings. The molecule has 148 valence electrons. The van der Waals surface area contributed by atoms with Crippen LogP contribution in [0.3, 0.4) is 0 Å². The fourth-order valence-corrected chi connectivity index (χ4v) is 3.13. The minimum absolute atomic E-state index is 0.0804. The zero-order chi connectivity index (χ0) is 20.6. The van der Waals surface area contributed by atoms with Crippen molar-refractivity contribution in [3.63, 3.8) is 0 Å². The Kier molecular flexibility index (Phi) is 4.74. The van der Waals surface area contributed by atoms with Gasteiger partial charge in [-0.05, 0) is 60.5 Å². The highest BCUT2D eigenvalue weighted by molar-refractivity contribution is 6.05. The van der Waals surface area contributed by atoms with Crippen molar-refractivity contribution in [2.75, 3.05) is 5.32 Å². The van der Waals surface area contributed by atoms with E-state index in [9.17, 15) is 22.4 Å². The van der Waals surface area contributed by atoms with E-state index in [2.05, 4.69) is 5.32 Å². The number of benzene rings is 2. The largest absolute Gasteiger partial charge is 0.457 e. The molecule has 0 spiro atoms. The van der Waals surface area contributed by atoms with Crippen molar-refractivity contribution >= 4 is 11.6 Å². The second-order valence-corrected chi connectivity index (χ2v) is 6.72. The smallest absolute Gasteiger partial charge is 0.416 e. The third-order valence-electron chi connectivity index (χ3n) is 4.65. The first-order valence-corrected chi connectivity index (χ1v) is 8.84. The molecule has 2 aromatic carbocycles. The van der Waals surface area contributed by atoms with E-state index in [1.54, 1.807) is 18.2 Å². The maximum atomic E-state index is 13.0. The molecule has 0 bridgehead atoms. The van der Waals surface area contributed by atoms with Gasteiger partial charge in [0, 0.05) is 17.2 Å². The lowest BCUT2D eigenvalue weighted by molar-refractivity contribution is -0.137. The summed E-state index contributed by atoms with van der Waals surface area (Å²) in [5.41, 5.74) is 1.04. The molecule has 0 aromatic heterocycles. The van der Waals surface area contributed by atoms with Crippen LogP contribution < -0.4 is 10.1 Å². The molecule has 3 nitrogen and oxygen atoms in total. The number of hydrogen-bond acceptors (Lipinski definition) is 2. The van der Waals surface area contributed by atoms with Gasteiger partial charge >= 0.3 is 6.18 Å². The molecule has 1 atom stereocenters. The molecule has 0 saturated heterocycles. The Morgan fingerprint density at radius 2 is 1.86 bits per heavy atom. The molecule has 7 heteroatoms. The Hall–Kier alpha value is -3.35. The minimum Gasteiger partial charge on any atom is -0.457 e. The summed E-state index contributed by atoms with van der Waals surface area (Å²) in [6.45, 7) is 0. The van der Waals surface area contributed by atoms with Gasteiger partial charge in [-0.25, -0.2) is 4.39 Å². The van der Waals surface area contributed by atoms with Crippen molar-refractivity contribution in [3.05, 3.63) is 95.0 Å². The van der Waals surface area contributed by atoms with Gasteiger partial charge in [-0.3, -0.25) is 4.79 Å².